The number of rotatable bonds is 5. The van der Waals surface area contributed by atoms with Crippen LogP contribution in [-0.4, -0.2) is 16.5 Å². The highest BCUT2D eigenvalue weighted by atomic mass is 19.1. The third kappa shape index (κ3) is 3.84. The van der Waals surface area contributed by atoms with Crippen molar-refractivity contribution in [2.24, 2.45) is 5.92 Å². The SMILES string of the molecule is Cc1cc(F)ccc1-c1ncc(CNCC(C)C)cn1. The summed E-state index contributed by atoms with van der Waals surface area (Å²) in [5.74, 6) is 1.02. The summed E-state index contributed by atoms with van der Waals surface area (Å²) in [6.07, 6.45) is 3.64. The van der Waals surface area contributed by atoms with Crippen LogP contribution in [0.4, 0.5) is 4.39 Å². The highest BCUT2D eigenvalue weighted by molar-refractivity contribution is 5.59. The normalized spacial score (nSPS) is 11.1. The van der Waals surface area contributed by atoms with E-state index in [9.17, 15) is 4.39 Å². The molecular formula is C16H20FN3. The molecule has 0 fully saturated rings. The number of nitrogens with zero attached hydrogens (tertiary/aromatic N) is 2. The average molecular weight is 273 g/mol. The molecule has 0 saturated carbocycles. The summed E-state index contributed by atoms with van der Waals surface area (Å²) in [6, 6.07) is 4.65. The summed E-state index contributed by atoms with van der Waals surface area (Å²) in [4.78, 5) is 8.73. The smallest absolute Gasteiger partial charge is 0.159 e. The summed E-state index contributed by atoms with van der Waals surface area (Å²) in [5, 5.41) is 3.35. The molecule has 2 rings (SSSR count). The molecule has 106 valence electrons. The van der Waals surface area contributed by atoms with E-state index in [2.05, 4.69) is 29.1 Å². The molecule has 0 spiro atoms. The van der Waals surface area contributed by atoms with Crippen LogP contribution in [0.2, 0.25) is 0 Å². The molecule has 20 heavy (non-hydrogen) atoms. The Hall–Kier alpha value is -1.81. The van der Waals surface area contributed by atoms with Gasteiger partial charge in [0.2, 0.25) is 0 Å². The monoisotopic (exact) mass is 273 g/mol. The van der Waals surface area contributed by atoms with Crippen molar-refractivity contribution in [3.8, 4) is 11.4 Å². The topological polar surface area (TPSA) is 37.8 Å². The zero-order valence-electron chi connectivity index (χ0n) is 12.2. The first-order chi connectivity index (χ1) is 9.56. The Bertz CT molecular complexity index is 564. The van der Waals surface area contributed by atoms with Crippen molar-refractivity contribution in [1.29, 1.82) is 0 Å². The number of hydrogen-bond donors (Lipinski definition) is 1. The van der Waals surface area contributed by atoms with Gasteiger partial charge in [-0.25, -0.2) is 14.4 Å². The second-order valence-corrected chi connectivity index (χ2v) is 5.40. The first-order valence-corrected chi connectivity index (χ1v) is 6.84. The van der Waals surface area contributed by atoms with Crippen LogP contribution in [0, 0.1) is 18.7 Å². The minimum Gasteiger partial charge on any atom is -0.312 e. The Morgan fingerprint density at radius 1 is 1.20 bits per heavy atom. The second kappa shape index (κ2) is 6.57. The predicted octanol–water partition coefficient (Wildman–Crippen LogP) is 3.34. The van der Waals surface area contributed by atoms with E-state index in [0.29, 0.717) is 11.7 Å². The maximum absolute atomic E-state index is 13.1. The number of nitrogens with one attached hydrogen (secondary N) is 1. The predicted molar refractivity (Wildman–Crippen MR) is 78.7 cm³/mol. The largest absolute Gasteiger partial charge is 0.312 e. The number of benzene rings is 1. The Morgan fingerprint density at radius 2 is 1.90 bits per heavy atom. The molecule has 0 saturated heterocycles. The number of hydrogen-bond acceptors (Lipinski definition) is 3. The lowest BCUT2D eigenvalue weighted by molar-refractivity contribution is 0.551. The molecule has 1 heterocycles. The molecule has 3 nitrogen and oxygen atoms in total. The summed E-state index contributed by atoms with van der Waals surface area (Å²) in [7, 11) is 0. The van der Waals surface area contributed by atoms with E-state index in [0.717, 1.165) is 29.8 Å². The van der Waals surface area contributed by atoms with Crippen molar-refractivity contribution in [2.75, 3.05) is 6.54 Å². The first-order valence-electron chi connectivity index (χ1n) is 6.84. The Morgan fingerprint density at radius 3 is 2.50 bits per heavy atom. The van der Waals surface area contributed by atoms with Gasteiger partial charge in [-0.05, 0) is 43.1 Å². The van der Waals surface area contributed by atoms with Crippen LogP contribution in [0.3, 0.4) is 0 Å². The molecular weight excluding hydrogens is 253 g/mol. The van der Waals surface area contributed by atoms with Gasteiger partial charge in [0, 0.05) is 30.1 Å². The van der Waals surface area contributed by atoms with Crippen LogP contribution in [-0.2, 0) is 6.54 Å². The van der Waals surface area contributed by atoms with Crippen LogP contribution in [0.25, 0.3) is 11.4 Å². The minimum absolute atomic E-state index is 0.235. The standard InChI is InChI=1S/C16H20FN3/c1-11(2)7-18-8-13-9-19-16(20-10-13)15-5-4-14(17)6-12(15)3/h4-6,9-11,18H,7-8H2,1-3H3. The van der Waals surface area contributed by atoms with E-state index in [1.807, 2.05) is 19.3 Å². The minimum atomic E-state index is -0.235. The second-order valence-electron chi connectivity index (χ2n) is 5.40. The Balaban J connectivity index is 2.07. The number of aromatic nitrogens is 2. The van der Waals surface area contributed by atoms with Gasteiger partial charge in [-0.15, -0.1) is 0 Å². The van der Waals surface area contributed by atoms with Gasteiger partial charge in [-0.3, -0.25) is 0 Å². The van der Waals surface area contributed by atoms with Crippen molar-refractivity contribution < 1.29 is 4.39 Å². The fourth-order valence-corrected chi connectivity index (χ4v) is 1.97. The molecule has 0 aliphatic heterocycles. The van der Waals surface area contributed by atoms with Crippen molar-refractivity contribution in [2.45, 2.75) is 27.3 Å². The van der Waals surface area contributed by atoms with Gasteiger partial charge >= 0.3 is 0 Å². The first kappa shape index (κ1) is 14.6. The van der Waals surface area contributed by atoms with Crippen molar-refractivity contribution >= 4 is 0 Å². The molecule has 0 radical (unpaired) electrons. The molecule has 0 bridgehead atoms. The van der Waals surface area contributed by atoms with Crippen molar-refractivity contribution in [1.82, 2.24) is 15.3 Å². The van der Waals surface area contributed by atoms with E-state index in [4.69, 9.17) is 0 Å². The number of aryl methyl sites for hydroxylation is 1. The molecule has 2 aromatic rings. The van der Waals surface area contributed by atoms with Crippen LogP contribution < -0.4 is 5.32 Å². The molecule has 1 aromatic heterocycles. The lowest BCUT2D eigenvalue weighted by atomic mass is 10.1. The molecule has 0 atom stereocenters. The Kier molecular flexibility index (Phi) is 4.79. The van der Waals surface area contributed by atoms with E-state index in [1.54, 1.807) is 6.07 Å². The van der Waals surface area contributed by atoms with Crippen LogP contribution in [0.5, 0.6) is 0 Å². The zero-order chi connectivity index (χ0) is 14.5. The van der Waals surface area contributed by atoms with Gasteiger partial charge in [0.25, 0.3) is 0 Å². The fraction of sp³-hybridized carbons (Fsp3) is 0.375. The molecule has 4 heteroatoms. The van der Waals surface area contributed by atoms with Crippen molar-refractivity contribution in [3.63, 3.8) is 0 Å². The highest BCUT2D eigenvalue weighted by Crippen LogP contribution is 2.20. The third-order valence-electron chi connectivity index (χ3n) is 3.02. The van der Waals surface area contributed by atoms with Gasteiger partial charge < -0.3 is 5.32 Å². The van der Waals surface area contributed by atoms with Crippen LogP contribution >= 0.6 is 0 Å². The molecule has 0 aliphatic carbocycles. The van der Waals surface area contributed by atoms with E-state index < -0.39 is 0 Å². The zero-order valence-corrected chi connectivity index (χ0v) is 12.2. The van der Waals surface area contributed by atoms with Gasteiger partial charge in [-0.2, -0.15) is 0 Å². The van der Waals surface area contributed by atoms with Crippen molar-refractivity contribution in [3.05, 3.63) is 47.5 Å². The summed E-state index contributed by atoms with van der Waals surface area (Å²) in [6.45, 7) is 7.94. The highest BCUT2D eigenvalue weighted by Gasteiger charge is 2.06. The van der Waals surface area contributed by atoms with Gasteiger partial charge in [-0.1, -0.05) is 13.8 Å². The summed E-state index contributed by atoms with van der Waals surface area (Å²) in [5.41, 5.74) is 2.76. The summed E-state index contributed by atoms with van der Waals surface area (Å²) < 4.78 is 13.1. The van der Waals surface area contributed by atoms with E-state index in [-0.39, 0.29) is 5.82 Å². The average Bonchev–Trinajstić information content (AvgIpc) is 2.39. The molecule has 0 aliphatic rings. The molecule has 1 aromatic carbocycles. The maximum Gasteiger partial charge on any atom is 0.159 e. The molecule has 0 amide bonds. The lowest BCUT2D eigenvalue weighted by Gasteiger charge is -2.08. The van der Waals surface area contributed by atoms with E-state index >= 15 is 0 Å². The maximum atomic E-state index is 13.1. The fourth-order valence-electron chi connectivity index (χ4n) is 1.97. The van der Waals surface area contributed by atoms with E-state index in [1.165, 1.54) is 12.1 Å². The van der Waals surface area contributed by atoms with Crippen LogP contribution in [0.1, 0.15) is 25.0 Å². The quantitative estimate of drug-likeness (QED) is 0.908. The third-order valence-corrected chi connectivity index (χ3v) is 3.02. The van der Waals surface area contributed by atoms with Gasteiger partial charge in [0.05, 0.1) is 0 Å². The lowest BCUT2D eigenvalue weighted by Crippen LogP contribution is -2.19. The number of halogens is 1. The Labute approximate surface area is 119 Å². The molecule has 1 N–H and O–H groups in total. The van der Waals surface area contributed by atoms with Crippen LogP contribution in [0.15, 0.2) is 30.6 Å². The molecule has 0 unspecified atom stereocenters. The summed E-state index contributed by atoms with van der Waals surface area (Å²) >= 11 is 0. The van der Waals surface area contributed by atoms with Gasteiger partial charge in [0.15, 0.2) is 5.82 Å². The van der Waals surface area contributed by atoms with Gasteiger partial charge in [0.1, 0.15) is 5.82 Å².